The lowest BCUT2D eigenvalue weighted by Crippen LogP contribution is -1.94. The minimum absolute atomic E-state index is 0. The molecule has 0 N–H and O–H groups in total. The van der Waals surface area contributed by atoms with Crippen molar-refractivity contribution in [3.63, 3.8) is 0 Å². The van der Waals surface area contributed by atoms with Crippen molar-refractivity contribution < 1.29 is 0 Å². The average Bonchev–Trinajstić information content (AvgIpc) is 3.17. The lowest BCUT2D eigenvalue weighted by atomic mass is 9.81. The van der Waals surface area contributed by atoms with Gasteiger partial charge in [0.15, 0.2) is 0 Å². The summed E-state index contributed by atoms with van der Waals surface area (Å²) >= 11 is 0. The quantitative estimate of drug-likeness (QED) is 0.130. The van der Waals surface area contributed by atoms with Crippen LogP contribution >= 0.6 is 0 Å². The molecular weight excluding hydrogens is 613 g/mol. The summed E-state index contributed by atoms with van der Waals surface area (Å²) in [5.74, 6) is 0. The zero-order chi connectivity index (χ0) is 32.5. The zero-order valence-electron chi connectivity index (χ0n) is 27.2. The molecule has 0 saturated heterocycles. The van der Waals surface area contributed by atoms with E-state index in [1.807, 2.05) is 0 Å². The van der Waals surface area contributed by atoms with Gasteiger partial charge in [-0.2, -0.15) is 0 Å². The van der Waals surface area contributed by atoms with Gasteiger partial charge in [0.05, 0.1) is 0 Å². The molecule has 0 amide bonds. The molecule has 0 aliphatic rings. The summed E-state index contributed by atoms with van der Waals surface area (Å²) in [6, 6.07) is 64.0. The van der Waals surface area contributed by atoms with Crippen molar-refractivity contribution in [3.05, 3.63) is 170 Å². The van der Waals surface area contributed by atoms with E-state index in [1.54, 1.807) is 0 Å². The fourth-order valence-corrected chi connectivity index (χ4v) is 9.35. The minimum Gasteiger partial charge on any atom is -0.0776 e. The number of fused-ring (bicyclic) bond motifs is 3. The fourth-order valence-electron chi connectivity index (χ4n) is 9.35. The molecule has 12 rings (SSSR count). The molecule has 0 aliphatic heterocycles. The molecule has 0 fully saturated rings. The van der Waals surface area contributed by atoms with Crippen LogP contribution in [0.1, 0.15) is 7.43 Å². The number of rotatable bonds is 2. The van der Waals surface area contributed by atoms with Crippen LogP contribution in [0.2, 0.25) is 0 Å². The minimum atomic E-state index is 0. The molecule has 0 aliphatic carbocycles. The third kappa shape index (κ3) is 3.74. The van der Waals surface area contributed by atoms with Crippen molar-refractivity contribution in [1.29, 1.82) is 0 Å². The third-order valence-electron chi connectivity index (χ3n) is 11.5. The maximum Gasteiger partial charge on any atom is -0.00199 e. The van der Waals surface area contributed by atoms with E-state index in [1.165, 1.54) is 119 Å². The number of hydrogen-bond donors (Lipinski definition) is 0. The highest BCUT2D eigenvalue weighted by Crippen LogP contribution is 2.50. The molecule has 0 unspecified atom stereocenters. The number of benzene rings is 12. The van der Waals surface area contributed by atoms with Gasteiger partial charge in [-0.3, -0.25) is 0 Å². The molecule has 12 aromatic rings. The molecule has 0 atom stereocenters. The second-order valence-corrected chi connectivity index (χ2v) is 14.0. The van der Waals surface area contributed by atoms with Crippen molar-refractivity contribution in [2.24, 2.45) is 0 Å². The van der Waals surface area contributed by atoms with Gasteiger partial charge < -0.3 is 0 Å². The van der Waals surface area contributed by atoms with E-state index >= 15 is 0 Å². The van der Waals surface area contributed by atoms with Gasteiger partial charge in [0.25, 0.3) is 0 Å². The highest BCUT2D eigenvalue weighted by molar-refractivity contribution is 6.32. The summed E-state index contributed by atoms with van der Waals surface area (Å²) in [4.78, 5) is 0. The molecule has 0 bridgehead atoms. The second kappa shape index (κ2) is 10.3. The monoisotopic (exact) mass is 644 g/mol. The van der Waals surface area contributed by atoms with Crippen LogP contribution < -0.4 is 0 Å². The smallest absolute Gasteiger partial charge is 0.00199 e. The van der Waals surface area contributed by atoms with Crippen molar-refractivity contribution in [1.82, 2.24) is 0 Å². The Labute approximate surface area is 295 Å². The summed E-state index contributed by atoms with van der Waals surface area (Å²) in [5, 5.41) is 23.5. The van der Waals surface area contributed by atoms with Crippen LogP contribution in [0.15, 0.2) is 170 Å². The molecule has 0 spiro atoms. The molecule has 12 aromatic carbocycles. The Morgan fingerprint density at radius 1 is 0.216 bits per heavy atom. The highest BCUT2D eigenvalue weighted by Gasteiger charge is 2.22. The summed E-state index contributed by atoms with van der Waals surface area (Å²) in [6.45, 7) is 0. The van der Waals surface area contributed by atoms with E-state index < -0.39 is 0 Å². The van der Waals surface area contributed by atoms with Crippen molar-refractivity contribution in [2.45, 2.75) is 7.43 Å². The van der Waals surface area contributed by atoms with Gasteiger partial charge in [-0.05, 0) is 131 Å². The first kappa shape index (κ1) is 28.3. The van der Waals surface area contributed by atoms with Crippen LogP contribution in [0.3, 0.4) is 0 Å². The summed E-state index contributed by atoms with van der Waals surface area (Å²) < 4.78 is 0. The SMILES string of the molecule is C.c1ccc2cc3c(-c4ccc5ccc6cccc7ccc4c5c67)c4ccccc4c(-c4ccc5ccc6cccc7ccc4c5c67)c3cc2c1. The number of hydrogen-bond acceptors (Lipinski definition) is 0. The molecule has 0 aromatic heterocycles. The van der Waals surface area contributed by atoms with Gasteiger partial charge in [-0.1, -0.05) is 165 Å². The Morgan fingerprint density at radius 2 is 0.549 bits per heavy atom. The van der Waals surface area contributed by atoms with Crippen LogP contribution in [0.25, 0.3) is 119 Å². The molecule has 0 radical (unpaired) electrons. The van der Waals surface area contributed by atoms with Gasteiger partial charge in [-0.15, -0.1) is 0 Å². The first-order valence-corrected chi connectivity index (χ1v) is 17.5. The fraction of sp³-hybridized carbons (Fsp3) is 0.0196. The predicted molar refractivity (Wildman–Crippen MR) is 224 cm³/mol. The van der Waals surface area contributed by atoms with Crippen molar-refractivity contribution >= 4 is 97.0 Å². The maximum atomic E-state index is 2.45. The summed E-state index contributed by atoms with van der Waals surface area (Å²) in [7, 11) is 0. The second-order valence-electron chi connectivity index (χ2n) is 14.0. The Kier molecular flexibility index (Phi) is 5.70. The van der Waals surface area contributed by atoms with Crippen LogP contribution in [0, 0.1) is 0 Å². The van der Waals surface area contributed by atoms with E-state index in [0.29, 0.717) is 0 Å². The van der Waals surface area contributed by atoms with Crippen LogP contribution in [-0.2, 0) is 0 Å². The third-order valence-corrected chi connectivity index (χ3v) is 11.5. The Morgan fingerprint density at radius 3 is 0.980 bits per heavy atom. The van der Waals surface area contributed by atoms with Crippen LogP contribution in [0.4, 0.5) is 0 Å². The first-order chi connectivity index (χ1) is 24.8. The van der Waals surface area contributed by atoms with E-state index in [-0.39, 0.29) is 7.43 Å². The topological polar surface area (TPSA) is 0 Å². The van der Waals surface area contributed by atoms with Crippen LogP contribution in [0.5, 0.6) is 0 Å². The first-order valence-electron chi connectivity index (χ1n) is 17.5. The van der Waals surface area contributed by atoms with E-state index in [0.717, 1.165) is 0 Å². The average molecular weight is 645 g/mol. The Bertz CT molecular complexity index is 3110. The largest absolute Gasteiger partial charge is 0.0776 e. The molecule has 0 heteroatoms. The van der Waals surface area contributed by atoms with Crippen molar-refractivity contribution in [2.75, 3.05) is 0 Å². The molecule has 51 heavy (non-hydrogen) atoms. The van der Waals surface area contributed by atoms with Gasteiger partial charge in [0, 0.05) is 0 Å². The van der Waals surface area contributed by atoms with Gasteiger partial charge in [0.1, 0.15) is 0 Å². The van der Waals surface area contributed by atoms with Crippen LogP contribution in [-0.4, -0.2) is 0 Å². The normalized spacial score (nSPS) is 12.2. The van der Waals surface area contributed by atoms with Gasteiger partial charge >= 0.3 is 0 Å². The summed E-state index contributed by atoms with van der Waals surface area (Å²) in [5.41, 5.74) is 5.19. The van der Waals surface area contributed by atoms with E-state index in [4.69, 9.17) is 0 Å². The molecular formula is C51H32. The predicted octanol–water partition coefficient (Wildman–Crippen LogP) is 14.9. The maximum absolute atomic E-state index is 2.45. The molecule has 0 nitrogen and oxygen atoms in total. The summed E-state index contributed by atoms with van der Waals surface area (Å²) in [6.07, 6.45) is 0. The lowest BCUT2D eigenvalue weighted by Gasteiger charge is -2.22. The molecule has 0 heterocycles. The van der Waals surface area contributed by atoms with E-state index in [2.05, 4.69) is 170 Å². The molecule has 236 valence electrons. The van der Waals surface area contributed by atoms with Crippen molar-refractivity contribution in [3.8, 4) is 22.3 Å². The Balaban J connectivity index is 0.00000310. The van der Waals surface area contributed by atoms with E-state index in [9.17, 15) is 0 Å². The lowest BCUT2D eigenvalue weighted by molar-refractivity contribution is 1.71. The van der Waals surface area contributed by atoms with Gasteiger partial charge in [-0.25, -0.2) is 0 Å². The highest BCUT2D eigenvalue weighted by atomic mass is 14.2. The van der Waals surface area contributed by atoms with Gasteiger partial charge in [0.2, 0.25) is 0 Å². The molecule has 0 saturated carbocycles. The Hall–Kier alpha value is -6.50. The standard InChI is InChI=1S/C50H28.CH4/c1-2-8-36-28-44-43(27-35(36)7-1)49(41-25-21-33-17-15-29-9-5-11-31-19-23-39(41)47(33)45(29)31)37-13-3-4-14-38(37)50(44)42-26-22-34-18-16-30-10-6-12-32-20-24-40(42)48(34)46(30)32;/h1-28H;1H4. The zero-order valence-corrected chi connectivity index (χ0v) is 27.2.